The molecule has 1 amide bonds. The number of pyridine rings is 1. The molecule has 2 heterocycles. The Kier molecular flexibility index (Phi) is 4.71. The molecule has 1 fully saturated rings. The van der Waals surface area contributed by atoms with Crippen LogP contribution in [0.3, 0.4) is 0 Å². The SMILES string of the molecule is O=C(C1CC1)N(Cc1ccc(F)cc1)Cc1cc(-c2ccccc2)cn2nnnc12. The fraction of sp³-hybridized carbons (Fsp3) is 0.217. The number of halogens is 1. The van der Waals surface area contributed by atoms with Crippen LogP contribution in [0.2, 0.25) is 0 Å². The lowest BCUT2D eigenvalue weighted by Gasteiger charge is -2.23. The molecule has 30 heavy (non-hydrogen) atoms. The molecule has 0 radical (unpaired) electrons. The molecule has 0 N–H and O–H groups in total. The fourth-order valence-corrected chi connectivity index (χ4v) is 3.63. The van der Waals surface area contributed by atoms with Crippen LogP contribution in [-0.2, 0) is 17.9 Å². The molecule has 5 rings (SSSR count). The largest absolute Gasteiger partial charge is 0.334 e. The van der Waals surface area contributed by atoms with Crippen LogP contribution in [0.15, 0.2) is 66.9 Å². The standard InChI is InChI=1S/C23H20FN5O/c24-21-10-6-16(7-11-21)13-28(23(30)18-8-9-18)14-20-12-19(17-4-2-1-3-5-17)15-29-22(20)25-26-27-29/h1-7,10-12,15,18H,8-9,13-14H2. The number of rotatable bonds is 6. The second-order valence-corrected chi connectivity index (χ2v) is 7.66. The summed E-state index contributed by atoms with van der Waals surface area (Å²) in [7, 11) is 0. The lowest BCUT2D eigenvalue weighted by molar-refractivity contribution is -0.133. The first-order chi connectivity index (χ1) is 14.7. The van der Waals surface area contributed by atoms with Crippen LogP contribution in [-0.4, -0.2) is 30.8 Å². The number of benzene rings is 2. The van der Waals surface area contributed by atoms with Gasteiger partial charge in [-0.1, -0.05) is 42.5 Å². The van der Waals surface area contributed by atoms with Crippen molar-refractivity contribution in [2.24, 2.45) is 5.92 Å². The highest BCUT2D eigenvalue weighted by atomic mass is 19.1. The summed E-state index contributed by atoms with van der Waals surface area (Å²) in [5.41, 5.74) is 4.42. The molecule has 0 aliphatic heterocycles. The van der Waals surface area contributed by atoms with Gasteiger partial charge in [0.25, 0.3) is 0 Å². The van der Waals surface area contributed by atoms with Crippen molar-refractivity contribution in [1.29, 1.82) is 0 Å². The molecule has 7 heteroatoms. The van der Waals surface area contributed by atoms with E-state index in [1.54, 1.807) is 16.6 Å². The molecule has 4 aromatic rings. The second-order valence-electron chi connectivity index (χ2n) is 7.66. The Morgan fingerprint density at radius 1 is 1.03 bits per heavy atom. The van der Waals surface area contributed by atoms with Gasteiger partial charge in [-0.25, -0.2) is 4.39 Å². The van der Waals surface area contributed by atoms with E-state index in [1.165, 1.54) is 12.1 Å². The normalized spacial score (nSPS) is 13.5. The van der Waals surface area contributed by atoms with Gasteiger partial charge in [0.15, 0.2) is 5.65 Å². The van der Waals surface area contributed by atoms with Gasteiger partial charge in [0.05, 0.1) is 0 Å². The monoisotopic (exact) mass is 401 g/mol. The minimum Gasteiger partial charge on any atom is -0.334 e. The molecule has 2 aromatic heterocycles. The molecular weight excluding hydrogens is 381 g/mol. The zero-order chi connectivity index (χ0) is 20.5. The first kappa shape index (κ1) is 18.4. The van der Waals surface area contributed by atoms with Crippen molar-refractivity contribution in [3.8, 4) is 11.1 Å². The molecule has 2 aromatic carbocycles. The van der Waals surface area contributed by atoms with Gasteiger partial charge in [0.2, 0.25) is 5.91 Å². The van der Waals surface area contributed by atoms with Crippen LogP contribution in [0.5, 0.6) is 0 Å². The van der Waals surface area contributed by atoms with Crippen LogP contribution in [0.1, 0.15) is 24.0 Å². The van der Waals surface area contributed by atoms with Crippen LogP contribution in [0.4, 0.5) is 4.39 Å². The average molecular weight is 401 g/mol. The summed E-state index contributed by atoms with van der Waals surface area (Å²) in [6.07, 6.45) is 3.73. The molecule has 6 nitrogen and oxygen atoms in total. The number of hydrogen-bond acceptors (Lipinski definition) is 4. The molecule has 1 saturated carbocycles. The van der Waals surface area contributed by atoms with Crippen molar-refractivity contribution in [3.63, 3.8) is 0 Å². The maximum atomic E-state index is 13.3. The van der Waals surface area contributed by atoms with E-state index in [4.69, 9.17) is 0 Å². The molecule has 0 bridgehead atoms. The van der Waals surface area contributed by atoms with Gasteiger partial charge in [-0.3, -0.25) is 4.79 Å². The minimum atomic E-state index is -0.286. The Morgan fingerprint density at radius 3 is 2.53 bits per heavy atom. The topological polar surface area (TPSA) is 63.4 Å². The van der Waals surface area contributed by atoms with Crippen LogP contribution < -0.4 is 0 Å². The van der Waals surface area contributed by atoms with E-state index in [9.17, 15) is 9.18 Å². The number of aromatic nitrogens is 4. The zero-order valence-electron chi connectivity index (χ0n) is 16.3. The number of tetrazole rings is 1. The molecular formula is C23H20FN5O. The predicted octanol–water partition coefficient (Wildman–Crippen LogP) is 3.87. The Labute approximate surface area is 172 Å². The summed E-state index contributed by atoms with van der Waals surface area (Å²) >= 11 is 0. The van der Waals surface area contributed by atoms with E-state index in [-0.39, 0.29) is 17.6 Å². The van der Waals surface area contributed by atoms with Crippen LogP contribution in [0, 0.1) is 11.7 Å². The van der Waals surface area contributed by atoms with Crippen molar-refractivity contribution in [2.45, 2.75) is 25.9 Å². The molecule has 150 valence electrons. The summed E-state index contributed by atoms with van der Waals surface area (Å²) in [6, 6.07) is 18.3. The smallest absolute Gasteiger partial charge is 0.226 e. The summed E-state index contributed by atoms with van der Waals surface area (Å²) in [5.74, 6) is -0.0875. The van der Waals surface area contributed by atoms with Crippen molar-refractivity contribution in [3.05, 3.63) is 83.8 Å². The number of carbonyl (C=O) groups is 1. The number of hydrogen-bond donors (Lipinski definition) is 0. The third-order valence-electron chi connectivity index (χ3n) is 5.36. The van der Waals surface area contributed by atoms with Crippen LogP contribution >= 0.6 is 0 Å². The van der Waals surface area contributed by atoms with Crippen molar-refractivity contribution in [1.82, 2.24) is 24.9 Å². The van der Waals surface area contributed by atoms with Crippen LogP contribution in [0.25, 0.3) is 16.8 Å². The number of nitrogens with zero attached hydrogens (tertiary/aromatic N) is 5. The van der Waals surface area contributed by atoms with Crippen molar-refractivity contribution in [2.75, 3.05) is 0 Å². The van der Waals surface area contributed by atoms with E-state index >= 15 is 0 Å². The third-order valence-corrected chi connectivity index (χ3v) is 5.36. The zero-order valence-corrected chi connectivity index (χ0v) is 16.3. The number of fused-ring (bicyclic) bond motifs is 1. The number of amides is 1. The minimum absolute atomic E-state index is 0.0785. The third kappa shape index (κ3) is 3.78. The molecule has 0 atom stereocenters. The Hall–Kier alpha value is -3.61. The summed E-state index contributed by atoms with van der Waals surface area (Å²) < 4.78 is 15.0. The maximum absolute atomic E-state index is 13.3. The Bertz CT molecular complexity index is 1190. The first-order valence-corrected chi connectivity index (χ1v) is 9.96. The van der Waals surface area contributed by atoms with Gasteiger partial charge in [-0.15, -0.1) is 5.10 Å². The molecule has 1 aliphatic rings. The number of carbonyl (C=O) groups excluding carboxylic acids is 1. The van der Waals surface area contributed by atoms with Crippen molar-refractivity contribution >= 4 is 11.6 Å². The lowest BCUT2D eigenvalue weighted by atomic mass is 10.1. The molecule has 0 spiro atoms. The van der Waals surface area contributed by atoms with E-state index in [2.05, 4.69) is 15.5 Å². The fourth-order valence-electron chi connectivity index (χ4n) is 3.63. The second kappa shape index (κ2) is 7.67. The van der Waals surface area contributed by atoms with E-state index < -0.39 is 0 Å². The molecule has 0 saturated heterocycles. The highest BCUT2D eigenvalue weighted by molar-refractivity contribution is 5.81. The Morgan fingerprint density at radius 2 is 1.80 bits per heavy atom. The first-order valence-electron chi connectivity index (χ1n) is 9.96. The van der Waals surface area contributed by atoms with Gasteiger partial charge in [0.1, 0.15) is 5.82 Å². The summed E-state index contributed by atoms with van der Waals surface area (Å²) in [6.45, 7) is 0.802. The predicted molar refractivity (Wildman–Crippen MR) is 110 cm³/mol. The highest BCUT2D eigenvalue weighted by Gasteiger charge is 2.33. The average Bonchev–Trinajstić information content (AvgIpc) is 3.51. The van der Waals surface area contributed by atoms with Gasteiger partial charge >= 0.3 is 0 Å². The maximum Gasteiger partial charge on any atom is 0.226 e. The van der Waals surface area contributed by atoms with Crippen molar-refractivity contribution < 1.29 is 9.18 Å². The molecule has 1 aliphatic carbocycles. The quantitative estimate of drug-likeness (QED) is 0.492. The molecule has 0 unspecified atom stereocenters. The van der Waals surface area contributed by atoms with E-state index in [1.807, 2.05) is 47.5 Å². The summed E-state index contributed by atoms with van der Waals surface area (Å²) in [5, 5.41) is 12.0. The van der Waals surface area contributed by atoms with Gasteiger partial charge < -0.3 is 4.90 Å². The van der Waals surface area contributed by atoms with Gasteiger partial charge in [-0.05, 0) is 52.6 Å². The van der Waals surface area contributed by atoms with E-state index in [0.717, 1.165) is 35.1 Å². The Balaban J connectivity index is 1.51. The highest BCUT2D eigenvalue weighted by Crippen LogP contribution is 2.32. The van der Waals surface area contributed by atoms with Gasteiger partial charge in [0, 0.05) is 36.3 Å². The summed E-state index contributed by atoms with van der Waals surface area (Å²) in [4.78, 5) is 14.8. The lowest BCUT2D eigenvalue weighted by Crippen LogP contribution is -2.31. The van der Waals surface area contributed by atoms with Gasteiger partial charge in [-0.2, -0.15) is 4.52 Å². The van der Waals surface area contributed by atoms with E-state index in [0.29, 0.717) is 18.7 Å².